The third-order valence-electron chi connectivity index (χ3n) is 6.55. The van der Waals surface area contributed by atoms with Gasteiger partial charge in [-0.25, -0.2) is 0 Å². The minimum Gasteiger partial charge on any atom is -0.494 e. The molecule has 1 N–H and O–H groups in total. The average molecular weight is 440 g/mol. The first-order valence-corrected chi connectivity index (χ1v) is 12.3. The lowest BCUT2D eigenvalue weighted by Gasteiger charge is -2.41. The molecule has 1 aliphatic heterocycles. The summed E-state index contributed by atoms with van der Waals surface area (Å²) >= 11 is 0. The molecule has 0 saturated carbocycles. The molecule has 0 radical (unpaired) electrons. The fourth-order valence-corrected chi connectivity index (χ4v) is 4.48. The highest BCUT2D eigenvalue weighted by atomic mass is 16.5. The average Bonchev–Trinajstić information content (AvgIpc) is 2.82. The third kappa shape index (κ3) is 6.81. The van der Waals surface area contributed by atoms with Crippen molar-refractivity contribution in [3.63, 3.8) is 0 Å². The van der Waals surface area contributed by atoms with Crippen LogP contribution < -0.4 is 4.74 Å². The van der Waals surface area contributed by atoms with Gasteiger partial charge in [0.1, 0.15) is 5.75 Å². The molecule has 2 aromatic carbocycles. The van der Waals surface area contributed by atoms with Gasteiger partial charge in [0, 0.05) is 25.6 Å². The molecule has 4 nitrogen and oxygen atoms in total. The number of ether oxygens (including phenoxy) is 2. The van der Waals surface area contributed by atoms with Gasteiger partial charge >= 0.3 is 0 Å². The Bertz CT molecular complexity index is 771. The Morgan fingerprint density at radius 2 is 1.72 bits per heavy atom. The van der Waals surface area contributed by atoms with Gasteiger partial charge in [0.05, 0.1) is 25.4 Å². The van der Waals surface area contributed by atoms with Crippen molar-refractivity contribution in [3.05, 3.63) is 65.7 Å². The summed E-state index contributed by atoms with van der Waals surface area (Å²) < 4.78 is 11.5. The number of hydrogen-bond donors (Lipinski definition) is 1. The van der Waals surface area contributed by atoms with Crippen molar-refractivity contribution in [1.82, 2.24) is 4.90 Å². The summed E-state index contributed by atoms with van der Waals surface area (Å²) in [5.74, 6) is 1.48. The molecule has 32 heavy (non-hydrogen) atoms. The Kier molecular flexibility index (Phi) is 9.58. The van der Waals surface area contributed by atoms with Crippen LogP contribution in [-0.2, 0) is 10.3 Å². The van der Waals surface area contributed by atoms with Gasteiger partial charge in [-0.15, -0.1) is 0 Å². The fraction of sp³-hybridized carbons (Fsp3) is 0.571. The van der Waals surface area contributed by atoms with Gasteiger partial charge in [-0.1, -0.05) is 76.1 Å². The molecule has 0 bridgehead atoms. The summed E-state index contributed by atoms with van der Waals surface area (Å²) in [6.07, 6.45) is 3.81. The second kappa shape index (κ2) is 12.4. The molecule has 0 aromatic heterocycles. The number of morpholine rings is 1. The van der Waals surface area contributed by atoms with E-state index in [1.54, 1.807) is 0 Å². The largest absolute Gasteiger partial charge is 0.494 e. The molecule has 4 heteroatoms. The maximum absolute atomic E-state index is 12.3. The lowest BCUT2D eigenvalue weighted by Crippen LogP contribution is -2.45. The van der Waals surface area contributed by atoms with Crippen molar-refractivity contribution in [1.29, 1.82) is 0 Å². The Morgan fingerprint density at radius 1 is 1.03 bits per heavy atom. The van der Waals surface area contributed by atoms with Crippen LogP contribution in [-0.4, -0.2) is 49.5 Å². The highest BCUT2D eigenvalue weighted by Gasteiger charge is 2.40. The van der Waals surface area contributed by atoms with Crippen LogP contribution in [0.25, 0.3) is 0 Å². The zero-order valence-electron chi connectivity index (χ0n) is 20.1. The summed E-state index contributed by atoms with van der Waals surface area (Å²) in [4.78, 5) is 2.43. The van der Waals surface area contributed by atoms with Gasteiger partial charge in [0.2, 0.25) is 0 Å². The van der Waals surface area contributed by atoms with Crippen LogP contribution in [0.4, 0.5) is 0 Å². The second-order valence-electron chi connectivity index (χ2n) is 9.46. The molecule has 1 fully saturated rings. The zero-order valence-corrected chi connectivity index (χ0v) is 20.1. The zero-order chi connectivity index (χ0) is 22.8. The molecule has 0 aliphatic carbocycles. The standard InChI is InChI=1S/C28H41NO3/c1-4-5-16-28(30,25-11-13-26(14-12-25)32-19-15-23(2)3)27(24-9-7-6-8-10-24)22-29-17-20-31-21-18-29/h6-14,23,27,30H,4-5,15-22H2,1-3H3. The summed E-state index contributed by atoms with van der Waals surface area (Å²) in [5.41, 5.74) is 1.23. The summed E-state index contributed by atoms with van der Waals surface area (Å²) in [6, 6.07) is 18.7. The first kappa shape index (κ1) is 24.8. The highest BCUT2D eigenvalue weighted by Crippen LogP contribution is 2.42. The van der Waals surface area contributed by atoms with Crippen LogP contribution in [0, 0.1) is 5.92 Å². The molecule has 2 aromatic rings. The molecular formula is C28H41NO3. The molecule has 2 unspecified atom stereocenters. The first-order valence-electron chi connectivity index (χ1n) is 12.3. The molecule has 2 atom stereocenters. The quantitative estimate of drug-likeness (QED) is 0.467. The summed E-state index contributed by atoms with van der Waals surface area (Å²) in [7, 11) is 0. The van der Waals surface area contributed by atoms with E-state index in [-0.39, 0.29) is 5.92 Å². The topological polar surface area (TPSA) is 41.9 Å². The Morgan fingerprint density at radius 3 is 2.34 bits per heavy atom. The molecule has 1 aliphatic rings. The lowest BCUT2D eigenvalue weighted by atomic mass is 9.74. The Labute approximate surface area is 194 Å². The van der Waals surface area contributed by atoms with Gasteiger partial charge in [-0.2, -0.15) is 0 Å². The van der Waals surface area contributed by atoms with E-state index in [2.05, 4.69) is 62.1 Å². The van der Waals surface area contributed by atoms with Crippen molar-refractivity contribution >= 4 is 0 Å². The lowest BCUT2D eigenvalue weighted by molar-refractivity contribution is -0.0294. The van der Waals surface area contributed by atoms with Gasteiger partial charge in [-0.3, -0.25) is 4.90 Å². The maximum Gasteiger partial charge on any atom is 0.119 e. The predicted octanol–water partition coefficient (Wildman–Crippen LogP) is 5.61. The van der Waals surface area contributed by atoms with E-state index < -0.39 is 5.60 Å². The number of unbranched alkanes of at least 4 members (excludes halogenated alkanes) is 1. The number of hydrogen-bond acceptors (Lipinski definition) is 4. The van der Waals surface area contributed by atoms with Gasteiger partial charge in [0.15, 0.2) is 0 Å². The third-order valence-corrected chi connectivity index (χ3v) is 6.55. The van der Waals surface area contributed by atoms with E-state index in [1.807, 2.05) is 18.2 Å². The molecular weight excluding hydrogens is 398 g/mol. The first-order chi connectivity index (χ1) is 15.5. The second-order valence-corrected chi connectivity index (χ2v) is 9.46. The number of rotatable bonds is 12. The monoisotopic (exact) mass is 439 g/mol. The van der Waals surface area contributed by atoms with E-state index in [0.717, 1.165) is 76.5 Å². The van der Waals surface area contributed by atoms with Gasteiger partial charge in [0.25, 0.3) is 0 Å². The van der Waals surface area contributed by atoms with Crippen molar-refractivity contribution in [2.24, 2.45) is 5.92 Å². The molecule has 1 saturated heterocycles. The van der Waals surface area contributed by atoms with Crippen LogP contribution in [0.15, 0.2) is 54.6 Å². The van der Waals surface area contributed by atoms with Crippen molar-refractivity contribution in [2.75, 3.05) is 39.5 Å². The van der Waals surface area contributed by atoms with Crippen molar-refractivity contribution < 1.29 is 14.6 Å². The van der Waals surface area contributed by atoms with E-state index >= 15 is 0 Å². The smallest absolute Gasteiger partial charge is 0.119 e. The summed E-state index contributed by atoms with van der Waals surface area (Å²) in [5, 5.41) is 12.3. The van der Waals surface area contributed by atoms with Crippen LogP contribution in [0.3, 0.4) is 0 Å². The van der Waals surface area contributed by atoms with Crippen LogP contribution in [0.1, 0.15) is 63.5 Å². The predicted molar refractivity (Wildman–Crippen MR) is 131 cm³/mol. The Hall–Kier alpha value is -1.88. The number of benzene rings is 2. The van der Waals surface area contributed by atoms with Gasteiger partial charge < -0.3 is 14.6 Å². The number of aliphatic hydroxyl groups is 1. The molecule has 0 amide bonds. The molecule has 3 rings (SSSR count). The van der Waals surface area contributed by atoms with Crippen LogP contribution in [0.2, 0.25) is 0 Å². The van der Waals surface area contributed by atoms with Crippen molar-refractivity contribution in [3.8, 4) is 5.75 Å². The van der Waals surface area contributed by atoms with E-state index in [4.69, 9.17) is 9.47 Å². The van der Waals surface area contributed by atoms with E-state index in [0.29, 0.717) is 5.92 Å². The Balaban J connectivity index is 1.88. The minimum absolute atomic E-state index is 0.0129. The van der Waals surface area contributed by atoms with Crippen LogP contribution in [0.5, 0.6) is 5.75 Å². The molecule has 0 spiro atoms. The molecule has 1 heterocycles. The molecule has 176 valence electrons. The van der Waals surface area contributed by atoms with Crippen molar-refractivity contribution in [2.45, 2.75) is 58.0 Å². The maximum atomic E-state index is 12.3. The highest BCUT2D eigenvalue weighted by molar-refractivity contribution is 5.35. The van der Waals surface area contributed by atoms with E-state index in [9.17, 15) is 5.11 Å². The number of nitrogens with zero attached hydrogens (tertiary/aromatic N) is 1. The normalized spacial score (nSPS) is 17.8. The van der Waals surface area contributed by atoms with Crippen LogP contribution >= 0.6 is 0 Å². The minimum atomic E-state index is -0.938. The fourth-order valence-electron chi connectivity index (χ4n) is 4.48. The summed E-state index contributed by atoms with van der Waals surface area (Å²) in [6.45, 7) is 11.5. The van der Waals surface area contributed by atoms with E-state index in [1.165, 1.54) is 5.56 Å². The van der Waals surface area contributed by atoms with Gasteiger partial charge in [-0.05, 0) is 42.0 Å². The SMILES string of the molecule is CCCCC(O)(c1ccc(OCCC(C)C)cc1)C(CN1CCOCC1)c1ccccc1.